The molecule has 1 aliphatic rings. The van der Waals surface area contributed by atoms with Crippen LogP contribution in [0, 0.1) is 11.8 Å². The standard InChI is InChI=1S/C12H16BrNO2/c1-8-2-3-9(4-8)6-14-7-10(13)5-11(14)12(15)16/h5,7-9H,2-4,6H2,1H3,(H,15,16). The van der Waals surface area contributed by atoms with Crippen molar-refractivity contribution in [1.29, 1.82) is 0 Å². The Bertz CT molecular complexity index is 400. The third kappa shape index (κ3) is 2.48. The lowest BCUT2D eigenvalue weighted by Gasteiger charge is -2.12. The summed E-state index contributed by atoms with van der Waals surface area (Å²) >= 11 is 3.33. The molecule has 2 rings (SSSR count). The summed E-state index contributed by atoms with van der Waals surface area (Å²) in [4.78, 5) is 11.0. The Kier molecular flexibility index (Phi) is 3.38. The van der Waals surface area contributed by atoms with Gasteiger partial charge in [-0.2, -0.15) is 0 Å². The molecule has 3 nitrogen and oxygen atoms in total. The molecule has 1 aromatic rings. The lowest BCUT2D eigenvalue weighted by Crippen LogP contribution is -2.12. The van der Waals surface area contributed by atoms with Crippen molar-refractivity contribution in [3.8, 4) is 0 Å². The lowest BCUT2D eigenvalue weighted by atomic mass is 10.1. The Labute approximate surface area is 104 Å². The average Bonchev–Trinajstić information content (AvgIpc) is 2.74. The number of aromatic carboxylic acids is 1. The number of nitrogens with zero attached hydrogens (tertiary/aromatic N) is 1. The largest absolute Gasteiger partial charge is 0.477 e. The fraction of sp³-hybridized carbons (Fsp3) is 0.583. The molecule has 16 heavy (non-hydrogen) atoms. The summed E-state index contributed by atoms with van der Waals surface area (Å²) in [6, 6.07) is 1.67. The molecule has 0 aliphatic heterocycles. The van der Waals surface area contributed by atoms with E-state index in [1.54, 1.807) is 6.07 Å². The maximum atomic E-state index is 11.0. The Morgan fingerprint density at radius 2 is 2.38 bits per heavy atom. The van der Waals surface area contributed by atoms with Crippen molar-refractivity contribution in [1.82, 2.24) is 4.57 Å². The Morgan fingerprint density at radius 3 is 2.94 bits per heavy atom. The van der Waals surface area contributed by atoms with Gasteiger partial charge in [-0.15, -0.1) is 0 Å². The highest BCUT2D eigenvalue weighted by Gasteiger charge is 2.23. The third-order valence-corrected chi connectivity index (χ3v) is 3.77. The quantitative estimate of drug-likeness (QED) is 0.925. The fourth-order valence-electron chi connectivity index (χ4n) is 2.57. The van der Waals surface area contributed by atoms with Crippen LogP contribution in [0.15, 0.2) is 16.7 Å². The van der Waals surface area contributed by atoms with Gasteiger partial charge in [-0.3, -0.25) is 0 Å². The van der Waals surface area contributed by atoms with Crippen LogP contribution >= 0.6 is 15.9 Å². The minimum Gasteiger partial charge on any atom is -0.477 e. The molecule has 0 saturated heterocycles. The van der Waals surface area contributed by atoms with Crippen LogP contribution in [-0.4, -0.2) is 15.6 Å². The van der Waals surface area contributed by atoms with Gasteiger partial charge in [0, 0.05) is 17.2 Å². The van der Waals surface area contributed by atoms with Gasteiger partial charge in [0.25, 0.3) is 0 Å². The summed E-state index contributed by atoms with van der Waals surface area (Å²) in [5.74, 6) is 0.571. The summed E-state index contributed by atoms with van der Waals surface area (Å²) in [7, 11) is 0. The van der Waals surface area contributed by atoms with Crippen LogP contribution in [-0.2, 0) is 6.54 Å². The van der Waals surface area contributed by atoms with E-state index in [1.807, 2.05) is 10.8 Å². The second-order valence-corrected chi connectivity index (χ2v) is 5.70. The second-order valence-electron chi connectivity index (χ2n) is 4.79. The fourth-order valence-corrected chi connectivity index (χ4v) is 3.04. The van der Waals surface area contributed by atoms with Crippen LogP contribution < -0.4 is 0 Å². The minimum absolute atomic E-state index is 0.381. The zero-order valence-electron chi connectivity index (χ0n) is 9.32. The molecule has 2 atom stereocenters. The van der Waals surface area contributed by atoms with Gasteiger partial charge in [0.15, 0.2) is 0 Å². The maximum absolute atomic E-state index is 11.0. The van der Waals surface area contributed by atoms with Crippen molar-refractivity contribution in [3.63, 3.8) is 0 Å². The van der Waals surface area contributed by atoms with Crippen LogP contribution in [0.25, 0.3) is 0 Å². The SMILES string of the molecule is CC1CCC(Cn2cc(Br)cc2C(=O)O)C1. The molecule has 0 aromatic carbocycles. The normalized spacial score (nSPS) is 24.9. The monoisotopic (exact) mass is 285 g/mol. The van der Waals surface area contributed by atoms with E-state index in [0.29, 0.717) is 11.6 Å². The summed E-state index contributed by atoms with van der Waals surface area (Å²) < 4.78 is 2.70. The molecule has 2 unspecified atom stereocenters. The van der Waals surface area contributed by atoms with Crippen molar-refractivity contribution < 1.29 is 9.90 Å². The Morgan fingerprint density at radius 1 is 1.62 bits per heavy atom. The van der Waals surface area contributed by atoms with Crippen LogP contribution in [0.2, 0.25) is 0 Å². The molecule has 1 saturated carbocycles. The molecule has 0 amide bonds. The van der Waals surface area contributed by atoms with Gasteiger partial charge in [0.05, 0.1) is 0 Å². The molecule has 88 valence electrons. The maximum Gasteiger partial charge on any atom is 0.352 e. The van der Waals surface area contributed by atoms with Crippen molar-refractivity contribution >= 4 is 21.9 Å². The van der Waals surface area contributed by atoms with Crippen LogP contribution in [0.1, 0.15) is 36.7 Å². The molecular formula is C12H16BrNO2. The van der Waals surface area contributed by atoms with Gasteiger partial charge in [-0.05, 0) is 46.7 Å². The highest BCUT2D eigenvalue weighted by atomic mass is 79.9. The van der Waals surface area contributed by atoms with Crippen molar-refractivity contribution in [2.75, 3.05) is 0 Å². The van der Waals surface area contributed by atoms with E-state index in [1.165, 1.54) is 19.3 Å². The molecule has 1 aliphatic carbocycles. The number of aromatic nitrogens is 1. The molecule has 1 heterocycles. The lowest BCUT2D eigenvalue weighted by molar-refractivity contribution is 0.0684. The minimum atomic E-state index is -0.850. The first kappa shape index (κ1) is 11.7. The van der Waals surface area contributed by atoms with Crippen molar-refractivity contribution in [3.05, 3.63) is 22.4 Å². The van der Waals surface area contributed by atoms with Crippen LogP contribution in [0.3, 0.4) is 0 Å². The predicted molar refractivity (Wildman–Crippen MR) is 65.6 cm³/mol. The van der Waals surface area contributed by atoms with E-state index in [9.17, 15) is 4.79 Å². The summed E-state index contributed by atoms with van der Waals surface area (Å²) in [6.45, 7) is 3.10. The number of carbonyl (C=O) groups is 1. The van der Waals surface area contributed by atoms with E-state index in [4.69, 9.17) is 5.11 Å². The Balaban J connectivity index is 2.11. The van der Waals surface area contributed by atoms with E-state index < -0.39 is 5.97 Å². The van der Waals surface area contributed by atoms with E-state index in [0.717, 1.165) is 16.9 Å². The average molecular weight is 286 g/mol. The van der Waals surface area contributed by atoms with Crippen molar-refractivity contribution in [2.45, 2.75) is 32.7 Å². The summed E-state index contributed by atoms with van der Waals surface area (Å²) in [5.41, 5.74) is 0.381. The first-order chi connectivity index (χ1) is 7.56. The summed E-state index contributed by atoms with van der Waals surface area (Å²) in [6.07, 6.45) is 5.58. The summed E-state index contributed by atoms with van der Waals surface area (Å²) in [5, 5.41) is 9.06. The third-order valence-electron chi connectivity index (χ3n) is 3.34. The molecule has 1 aromatic heterocycles. The molecular weight excluding hydrogens is 270 g/mol. The molecule has 1 fully saturated rings. The number of carboxylic acid groups (broad SMARTS) is 1. The molecule has 4 heteroatoms. The molecule has 1 N–H and O–H groups in total. The Hall–Kier alpha value is -0.770. The first-order valence-electron chi connectivity index (χ1n) is 5.65. The topological polar surface area (TPSA) is 42.2 Å². The van der Waals surface area contributed by atoms with Gasteiger partial charge in [-0.1, -0.05) is 13.3 Å². The van der Waals surface area contributed by atoms with E-state index >= 15 is 0 Å². The van der Waals surface area contributed by atoms with Gasteiger partial charge >= 0.3 is 5.97 Å². The molecule has 0 bridgehead atoms. The van der Waals surface area contributed by atoms with Gasteiger partial charge in [0.1, 0.15) is 5.69 Å². The molecule has 0 spiro atoms. The van der Waals surface area contributed by atoms with Crippen LogP contribution in [0.5, 0.6) is 0 Å². The second kappa shape index (κ2) is 4.62. The molecule has 0 radical (unpaired) electrons. The van der Waals surface area contributed by atoms with Crippen molar-refractivity contribution in [2.24, 2.45) is 11.8 Å². The zero-order valence-corrected chi connectivity index (χ0v) is 10.9. The first-order valence-corrected chi connectivity index (χ1v) is 6.44. The number of halogens is 1. The smallest absolute Gasteiger partial charge is 0.352 e. The number of carboxylic acids is 1. The van der Waals surface area contributed by atoms with Gasteiger partial charge < -0.3 is 9.67 Å². The van der Waals surface area contributed by atoms with Gasteiger partial charge in [-0.25, -0.2) is 4.79 Å². The highest BCUT2D eigenvalue weighted by molar-refractivity contribution is 9.10. The number of hydrogen-bond donors (Lipinski definition) is 1. The van der Waals surface area contributed by atoms with Gasteiger partial charge in [0.2, 0.25) is 0 Å². The zero-order chi connectivity index (χ0) is 11.7. The highest BCUT2D eigenvalue weighted by Crippen LogP contribution is 2.32. The van der Waals surface area contributed by atoms with E-state index in [2.05, 4.69) is 22.9 Å². The predicted octanol–water partition coefficient (Wildman–Crippen LogP) is 3.39. The van der Waals surface area contributed by atoms with E-state index in [-0.39, 0.29) is 0 Å². The number of rotatable bonds is 3. The van der Waals surface area contributed by atoms with Crippen LogP contribution in [0.4, 0.5) is 0 Å². The number of hydrogen-bond acceptors (Lipinski definition) is 1.